The van der Waals surface area contributed by atoms with Crippen molar-refractivity contribution in [2.75, 3.05) is 26.7 Å². The van der Waals surface area contributed by atoms with Gasteiger partial charge in [0.2, 0.25) is 5.91 Å². The van der Waals surface area contributed by atoms with Crippen LogP contribution in [-0.2, 0) is 4.79 Å². The Balaban J connectivity index is 1.73. The SMILES string of the molecule is C[C@H]1CN(C(=O)CCCOc2cccc(F)c2)[C@@H](C)CN1C. The van der Waals surface area contributed by atoms with Gasteiger partial charge in [-0.1, -0.05) is 6.07 Å². The standard InChI is InChI=1S/C17H25FN2O2/c1-13-12-20(14(2)11-19(13)3)17(21)8-5-9-22-16-7-4-6-15(18)10-16/h4,6-7,10,13-14H,5,8-9,11-12H2,1-3H3/t13-,14-/m0/s1. The number of likely N-dealkylation sites (N-methyl/N-ethyl adjacent to an activating group) is 1. The first-order chi connectivity index (χ1) is 10.5. The summed E-state index contributed by atoms with van der Waals surface area (Å²) < 4.78 is 18.5. The highest BCUT2D eigenvalue weighted by Gasteiger charge is 2.29. The van der Waals surface area contributed by atoms with Crippen molar-refractivity contribution in [1.82, 2.24) is 9.80 Å². The summed E-state index contributed by atoms with van der Waals surface area (Å²) in [6, 6.07) is 6.71. The van der Waals surface area contributed by atoms with Crippen LogP contribution in [0.5, 0.6) is 5.75 Å². The third-order valence-electron chi connectivity index (χ3n) is 4.22. The van der Waals surface area contributed by atoms with Gasteiger partial charge in [-0.15, -0.1) is 0 Å². The highest BCUT2D eigenvalue weighted by atomic mass is 19.1. The van der Waals surface area contributed by atoms with Gasteiger partial charge in [0.05, 0.1) is 6.61 Å². The summed E-state index contributed by atoms with van der Waals surface area (Å²) in [6.07, 6.45) is 1.11. The number of hydrogen-bond acceptors (Lipinski definition) is 3. The lowest BCUT2D eigenvalue weighted by molar-refractivity contribution is -0.137. The zero-order valence-electron chi connectivity index (χ0n) is 13.6. The zero-order chi connectivity index (χ0) is 16.1. The van der Waals surface area contributed by atoms with Gasteiger partial charge in [0, 0.05) is 37.7 Å². The van der Waals surface area contributed by atoms with E-state index in [1.54, 1.807) is 12.1 Å². The van der Waals surface area contributed by atoms with E-state index < -0.39 is 0 Å². The molecule has 1 aliphatic rings. The van der Waals surface area contributed by atoms with Crippen LogP contribution in [0.2, 0.25) is 0 Å². The van der Waals surface area contributed by atoms with Crippen LogP contribution in [0.1, 0.15) is 26.7 Å². The van der Waals surface area contributed by atoms with Gasteiger partial charge in [-0.25, -0.2) is 4.39 Å². The van der Waals surface area contributed by atoms with Crippen molar-refractivity contribution in [2.24, 2.45) is 0 Å². The van der Waals surface area contributed by atoms with E-state index in [-0.39, 0.29) is 17.8 Å². The highest BCUT2D eigenvalue weighted by molar-refractivity contribution is 5.76. The summed E-state index contributed by atoms with van der Waals surface area (Å²) in [5.74, 6) is 0.373. The summed E-state index contributed by atoms with van der Waals surface area (Å²) in [6.45, 7) is 6.34. The molecule has 1 heterocycles. The van der Waals surface area contributed by atoms with Crippen molar-refractivity contribution in [3.05, 3.63) is 30.1 Å². The van der Waals surface area contributed by atoms with E-state index in [9.17, 15) is 9.18 Å². The third kappa shape index (κ3) is 4.44. The van der Waals surface area contributed by atoms with Crippen molar-refractivity contribution in [3.63, 3.8) is 0 Å². The predicted octanol–water partition coefficient (Wildman–Crippen LogP) is 2.54. The van der Waals surface area contributed by atoms with Crippen molar-refractivity contribution in [2.45, 2.75) is 38.8 Å². The van der Waals surface area contributed by atoms with Crippen LogP contribution < -0.4 is 4.74 Å². The Hall–Kier alpha value is -1.62. The summed E-state index contributed by atoms with van der Waals surface area (Å²) in [5.41, 5.74) is 0. The molecule has 1 saturated heterocycles. The molecule has 1 aromatic rings. The topological polar surface area (TPSA) is 32.8 Å². The van der Waals surface area contributed by atoms with E-state index in [2.05, 4.69) is 25.8 Å². The van der Waals surface area contributed by atoms with E-state index >= 15 is 0 Å². The van der Waals surface area contributed by atoms with E-state index in [0.29, 0.717) is 31.2 Å². The number of carbonyl (C=O) groups excluding carboxylic acids is 1. The van der Waals surface area contributed by atoms with E-state index in [1.807, 2.05) is 4.90 Å². The zero-order valence-corrected chi connectivity index (χ0v) is 13.6. The Kier molecular flexibility index (Phi) is 5.77. The van der Waals surface area contributed by atoms with E-state index in [4.69, 9.17) is 4.74 Å². The second-order valence-corrected chi connectivity index (χ2v) is 6.09. The van der Waals surface area contributed by atoms with Gasteiger partial charge in [0.15, 0.2) is 0 Å². The van der Waals surface area contributed by atoms with Crippen LogP contribution in [0.15, 0.2) is 24.3 Å². The maximum atomic E-state index is 13.0. The first kappa shape index (κ1) is 16.7. The molecule has 1 amide bonds. The van der Waals surface area contributed by atoms with Crippen LogP contribution in [0.4, 0.5) is 4.39 Å². The molecule has 2 atom stereocenters. The number of hydrogen-bond donors (Lipinski definition) is 0. The summed E-state index contributed by atoms with van der Waals surface area (Å²) in [7, 11) is 2.09. The summed E-state index contributed by atoms with van der Waals surface area (Å²) in [4.78, 5) is 16.6. The van der Waals surface area contributed by atoms with E-state index in [1.165, 1.54) is 12.1 Å². The van der Waals surface area contributed by atoms with Crippen LogP contribution >= 0.6 is 0 Å². The lowest BCUT2D eigenvalue weighted by atomic mass is 10.1. The number of carbonyl (C=O) groups is 1. The Morgan fingerprint density at radius 2 is 2.09 bits per heavy atom. The Bertz CT molecular complexity index is 509. The molecular weight excluding hydrogens is 283 g/mol. The minimum absolute atomic E-state index is 0.176. The number of amides is 1. The van der Waals surface area contributed by atoms with Crippen molar-refractivity contribution in [1.29, 1.82) is 0 Å². The normalized spacial score (nSPS) is 22.6. The fourth-order valence-electron chi connectivity index (χ4n) is 2.76. The largest absolute Gasteiger partial charge is 0.493 e. The molecule has 0 aromatic heterocycles. The second kappa shape index (κ2) is 7.58. The molecule has 0 bridgehead atoms. The lowest BCUT2D eigenvalue weighted by Crippen LogP contribution is -2.56. The van der Waals surface area contributed by atoms with Crippen molar-refractivity contribution < 1.29 is 13.9 Å². The number of ether oxygens (including phenoxy) is 1. The second-order valence-electron chi connectivity index (χ2n) is 6.09. The average molecular weight is 308 g/mol. The van der Waals surface area contributed by atoms with Gasteiger partial charge in [0.25, 0.3) is 0 Å². The highest BCUT2D eigenvalue weighted by Crippen LogP contribution is 2.16. The maximum absolute atomic E-state index is 13.0. The first-order valence-corrected chi connectivity index (χ1v) is 7.85. The molecule has 1 fully saturated rings. The third-order valence-corrected chi connectivity index (χ3v) is 4.22. The monoisotopic (exact) mass is 308 g/mol. The molecule has 0 spiro atoms. The molecule has 0 saturated carbocycles. The fraction of sp³-hybridized carbons (Fsp3) is 0.588. The molecule has 0 N–H and O–H groups in total. The fourth-order valence-corrected chi connectivity index (χ4v) is 2.76. The Morgan fingerprint density at radius 1 is 1.32 bits per heavy atom. The van der Waals surface area contributed by atoms with Crippen LogP contribution in [0.3, 0.4) is 0 Å². The van der Waals surface area contributed by atoms with Crippen LogP contribution in [0, 0.1) is 5.82 Å². The average Bonchev–Trinajstić information content (AvgIpc) is 2.47. The number of halogens is 1. The molecule has 2 rings (SSSR count). The van der Waals surface area contributed by atoms with Gasteiger partial charge in [0.1, 0.15) is 11.6 Å². The van der Waals surface area contributed by atoms with E-state index in [0.717, 1.165) is 13.1 Å². The van der Waals surface area contributed by atoms with Crippen LogP contribution in [-0.4, -0.2) is 54.5 Å². The minimum Gasteiger partial charge on any atom is -0.493 e. The molecule has 1 aliphatic heterocycles. The predicted molar refractivity (Wildman–Crippen MR) is 84.4 cm³/mol. The number of piperazine rings is 1. The molecule has 22 heavy (non-hydrogen) atoms. The molecule has 1 aromatic carbocycles. The smallest absolute Gasteiger partial charge is 0.223 e. The number of rotatable bonds is 5. The van der Waals surface area contributed by atoms with Gasteiger partial charge < -0.3 is 9.64 Å². The summed E-state index contributed by atoms with van der Waals surface area (Å²) >= 11 is 0. The summed E-state index contributed by atoms with van der Waals surface area (Å²) in [5, 5.41) is 0. The van der Waals surface area contributed by atoms with Gasteiger partial charge in [-0.3, -0.25) is 9.69 Å². The Morgan fingerprint density at radius 3 is 2.82 bits per heavy atom. The first-order valence-electron chi connectivity index (χ1n) is 7.85. The lowest BCUT2D eigenvalue weighted by Gasteiger charge is -2.42. The molecule has 0 radical (unpaired) electrons. The Labute approximate surface area is 131 Å². The molecule has 0 aliphatic carbocycles. The molecule has 0 unspecified atom stereocenters. The van der Waals surface area contributed by atoms with Gasteiger partial charge in [-0.2, -0.15) is 0 Å². The molecule has 5 heteroatoms. The molecule has 4 nitrogen and oxygen atoms in total. The maximum Gasteiger partial charge on any atom is 0.223 e. The molecular formula is C17H25FN2O2. The number of benzene rings is 1. The van der Waals surface area contributed by atoms with Crippen molar-refractivity contribution in [3.8, 4) is 5.75 Å². The quantitative estimate of drug-likeness (QED) is 0.784. The minimum atomic E-state index is -0.311. The molecule has 122 valence electrons. The van der Waals surface area contributed by atoms with Crippen molar-refractivity contribution >= 4 is 5.91 Å². The van der Waals surface area contributed by atoms with Gasteiger partial charge >= 0.3 is 0 Å². The van der Waals surface area contributed by atoms with Gasteiger partial charge in [-0.05, 0) is 39.4 Å². The van der Waals surface area contributed by atoms with Crippen LogP contribution in [0.25, 0.3) is 0 Å². The number of nitrogens with zero attached hydrogens (tertiary/aromatic N) is 2.